The van der Waals surface area contributed by atoms with Crippen molar-refractivity contribution in [3.8, 4) is 0 Å². The van der Waals surface area contributed by atoms with Crippen LogP contribution in [0.1, 0.15) is 60.5 Å². The highest BCUT2D eigenvalue weighted by Crippen LogP contribution is 2.36. The van der Waals surface area contributed by atoms with Crippen LogP contribution in [0.2, 0.25) is 0 Å². The number of anilines is 1. The molecule has 1 aromatic rings. The van der Waals surface area contributed by atoms with Crippen molar-refractivity contribution < 1.29 is 18.8 Å². The lowest BCUT2D eigenvalue weighted by atomic mass is 9.79. The van der Waals surface area contributed by atoms with E-state index in [2.05, 4.69) is 4.98 Å². The molecule has 2 aliphatic heterocycles. The predicted octanol–water partition coefficient (Wildman–Crippen LogP) is 3.07. The van der Waals surface area contributed by atoms with Crippen molar-refractivity contribution in [1.29, 1.82) is 0 Å². The maximum Gasteiger partial charge on any atom is 0.496 e. The first-order chi connectivity index (χ1) is 11.9. The van der Waals surface area contributed by atoms with Gasteiger partial charge in [0.15, 0.2) is 0 Å². The molecule has 142 valence electrons. The number of carbonyl (C=O) groups excluding carboxylic acids is 1. The molecule has 3 heterocycles. The van der Waals surface area contributed by atoms with Crippen LogP contribution in [0.5, 0.6) is 0 Å². The average molecular weight is 360 g/mol. The van der Waals surface area contributed by atoms with Crippen LogP contribution in [0.3, 0.4) is 0 Å². The van der Waals surface area contributed by atoms with Crippen LogP contribution in [0.25, 0.3) is 0 Å². The third-order valence-electron chi connectivity index (χ3n) is 5.19. The number of nitrogens with zero attached hydrogens (tertiary/aromatic N) is 2. The van der Waals surface area contributed by atoms with Crippen LogP contribution < -0.4 is 10.4 Å². The lowest BCUT2D eigenvalue weighted by molar-refractivity contribution is 0.00578. The molecule has 1 fully saturated rings. The molecule has 7 heteroatoms. The number of carbonyl (C=O) groups is 1. The lowest BCUT2D eigenvalue weighted by Crippen LogP contribution is -2.42. The number of fused-ring (bicyclic) bond motifs is 1. The minimum atomic E-state index is -0.530. The molecule has 0 N–H and O–H groups in total. The van der Waals surface area contributed by atoms with Gasteiger partial charge in [0.1, 0.15) is 11.4 Å². The fourth-order valence-corrected chi connectivity index (χ4v) is 3.08. The molecule has 0 unspecified atom stereocenters. The first-order valence-electron chi connectivity index (χ1n) is 9.25. The summed E-state index contributed by atoms with van der Waals surface area (Å²) >= 11 is 0. The topological polar surface area (TPSA) is 60.9 Å². The quantitative estimate of drug-likeness (QED) is 0.721. The largest absolute Gasteiger partial charge is 0.496 e. The Bertz CT molecular complexity index is 696. The number of aryl methyl sites for hydroxylation is 1. The average Bonchev–Trinajstić information content (AvgIpc) is 2.72. The van der Waals surface area contributed by atoms with Gasteiger partial charge < -0.3 is 14.0 Å². The third-order valence-corrected chi connectivity index (χ3v) is 5.19. The van der Waals surface area contributed by atoms with Gasteiger partial charge in [-0.3, -0.25) is 4.90 Å². The van der Waals surface area contributed by atoms with Crippen molar-refractivity contribution in [3.05, 3.63) is 17.8 Å². The molecule has 2 aliphatic rings. The second-order valence-electron chi connectivity index (χ2n) is 9.08. The van der Waals surface area contributed by atoms with Gasteiger partial charge in [-0.2, -0.15) is 0 Å². The summed E-state index contributed by atoms with van der Waals surface area (Å²) in [7, 11) is -0.449. The number of amides is 1. The molecular formula is C19H29BN2O4. The van der Waals surface area contributed by atoms with E-state index >= 15 is 0 Å². The smallest absolute Gasteiger partial charge is 0.443 e. The molecule has 1 amide bonds. The fourth-order valence-electron chi connectivity index (χ4n) is 3.08. The highest BCUT2D eigenvalue weighted by molar-refractivity contribution is 6.62. The SMILES string of the molecule is CC(C)(C)OC(=O)N1CCCc2cc(B3OC(C)(C)C(C)(C)O3)cnc21. The van der Waals surface area contributed by atoms with Crippen molar-refractivity contribution in [1.82, 2.24) is 4.98 Å². The van der Waals surface area contributed by atoms with Gasteiger partial charge >= 0.3 is 13.2 Å². The van der Waals surface area contributed by atoms with Crippen molar-refractivity contribution in [2.75, 3.05) is 11.4 Å². The van der Waals surface area contributed by atoms with Crippen LogP contribution in [0.4, 0.5) is 10.6 Å². The Morgan fingerprint density at radius 3 is 2.42 bits per heavy atom. The van der Waals surface area contributed by atoms with E-state index in [0.717, 1.165) is 23.9 Å². The van der Waals surface area contributed by atoms with Crippen LogP contribution >= 0.6 is 0 Å². The first-order valence-corrected chi connectivity index (χ1v) is 9.25. The molecule has 26 heavy (non-hydrogen) atoms. The van der Waals surface area contributed by atoms with E-state index in [9.17, 15) is 4.79 Å². The summed E-state index contributed by atoms with van der Waals surface area (Å²) in [5.41, 5.74) is 0.589. The van der Waals surface area contributed by atoms with Gasteiger partial charge in [0.05, 0.1) is 11.2 Å². The molecule has 3 rings (SSSR count). The fraction of sp³-hybridized carbons (Fsp3) is 0.684. The molecule has 0 atom stereocenters. The van der Waals surface area contributed by atoms with Gasteiger partial charge in [-0.25, -0.2) is 9.78 Å². The minimum Gasteiger partial charge on any atom is -0.443 e. The van der Waals surface area contributed by atoms with Crippen LogP contribution in [0.15, 0.2) is 12.3 Å². The Morgan fingerprint density at radius 1 is 1.23 bits per heavy atom. The summed E-state index contributed by atoms with van der Waals surface area (Å²) in [4.78, 5) is 18.7. The highest BCUT2D eigenvalue weighted by atomic mass is 16.7. The predicted molar refractivity (Wildman–Crippen MR) is 102 cm³/mol. The van der Waals surface area contributed by atoms with Crippen molar-refractivity contribution in [2.45, 2.75) is 78.1 Å². The number of aromatic nitrogens is 1. The molecular weight excluding hydrogens is 331 g/mol. The molecule has 0 aliphatic carbocycles. The molecule has 0 bridgehead atoms. The maximum atomic E-state index is 12.5. The van der Waals surface area contributed by atoms with E-state index in [0.29, 0.717) is 12.4 Å². The zero-order valence-corrected chi connectivity index (χ0v) is 16.9. The standard InChI is InChI=1S/C19H29BN2O4/c1-17(2,3)24-16(23)22-10-8-9-13-11-14(12-21-15(13)22)20-25-18(4,5)19(6,7)26-20/h11-12H,8-10H2,1-7H3. The van der Waals surface area contributed by atoms with Crippen molar-refractivity contribution in [2.24, 2.45) is 0 Å². The summed E-state index contributed by atoms with van der Waals surface area (Å²) in [5, 5.41) is 0. The summed E-state index contributed by atoms with van der Waals surface area (Å²) in [6, 6.07) is 2.04. The summed E-state index contributed by atoms with van der Waals surface area (Å²) in [6.07, 6.45) is 3.13. The van der Waals surface area contributed by atoms with Crippen LogP contribution in [-0.4, -0.2) is 41.5 Å². The van der Waals surface area contributed by atoms with Gasteiger partial charge in [0.25, 0.3) is 0 Å². The number of hydrogen-bond donors (Lipinski definition) is 0. The maximum absolute atomic E-state index is 12.5. The summed E-state index contributed by atoms with van der Waals surface area (Å²) in [6.45, 7) is 14.3. The third kappa shape index (κ3) is 3.60. The zero-order chi connectivity index (χ0) is 19.3. The Balaban J connectivity index is 1.84. The number of ether oxygens (including phenoxy) is 1. The van der Waals surface area contributed by atoms with E-state index in [1.54, 1.807) is 11.1 Å². The van der Waals surface area contributed by atoms with Gasteiger partial charge in [-0.15, -0.1) is 0 Å². The van der Waals surface area contributed by atoms with Crippen LogP contribution in [-0.2, 0) is 20.5 Å². The number of hydrogen-bond acceptors (Lipinski definition) is 5. The van der Waals surface area contributed by atoms with E-state index in [1.807, 2.05) is 54.5 Å². The second kappa shape index (κ2) is 6.24. The summed E-state index contributed by atoms with van der Waals surface area (Å²) < 4.78 is 17.7. The van der Waals surface area contributed by atoms with Gasteiger partial charge in [-0.05, 0) is 66.9 Å². The van der Waals surface area contributed by atoms with E-state index in [4.69, 9.17) is 14.0 Å². The molecule has 1 saturated heterocycles. The Kier molecular flexibility index (Phi) is 4.60. The molecule has 0 spiro atoms. The van der Waals surface area contributed by atoms with E-state index in [-0.39, 0.29) is 6.09 Å². The summed E-state index contributed by atoms with van der Waals surface area (Å²) in [5.74, 6) is 0.672. The second-order valence-corrected chi connectivity index (χ2v) is 9.08. The van der Waals surface area contributed by atoms with Gasteiger partial charge in [0.2, 0.25) is 0 Å². The van der Waals surface area contributed by atoms with Crippen LogP contribution in [0, 0.1) is 0 Å². The van der Waals surface area contributed by atoms with E-state index < -0.39 is 23.9 Å². The van der Waals surface area contributed by atoms with Crippen molar-refractivity contribution >= 4 is 24.5 Å². The van der Waals surface area contributed by atoms with Gasteiger partial charge in [-0.1, -0.05) is 6.07 Å². The minimum absolute atomic E-state index is 0.352. The molecule has 0 aromatic carbocycles. The Hall–Kier alpha value is -1.60. The zero-order valence-electron chi connectivity index (χ0n) is 16.9. The Labute approximate surface area is 156 Å². The number of rotatable bonds is 1. The highest BCUT2D eigenvalue weighted by Gasteiger charge is 2.52. The van der Waals surface area contributed by atoms with Crippen molar-refractivity contribution in [3.63, 3.8) is 0 Å². The molecule has 0 saturated carbocycles. The molecule has 6 nitrogen and oxygen atoms in total. The molecule has 0 radical (unpaired) electrons. The first kappa shape index (κ1) is 19.2. The number of pyridine rings is 1. The molecule has 1 aromatic heterocycles. The van der Waals surface area contributed by atoms with E-state index in [1.165, 1.54) is 0 Å². The Morgan fingerprint density at radius 2 is 1.85 bits per heavy atom. The van der Waals surface area contributed by atoms with Gasteiger partial charge in [0, 0.05) is 18.2 Å². The monoisotopic (exact) mass is 360 g/mol. The normalized spacial score (nSPS) is 21.5. The lowest BCUT2D eigenvalue weighted by Gasteiger charge is -2.32.